The second kappa shape index (κ2) is 7.76. The van der Waals surface area contributed by atoms with Crippen molar-refractivity contribution in [2.75, 3.05) is 5.75 Å². The van der Waals surface area contributed by atoms with E-state index in [1.165, 1.54) is 0 Å². The van der Waals surface area contributed by atoms with Gasteiger partial charge in [-0.05, 0) is 69.1 Å². The fourth-order valence-corrected chi connectivity index (χ4v) is 7.51. The Morgan fingerprint density at radius 1 is 1.14 bits per heavy atom. The minimum absolute atomic E-state index is 0.00598. The lowest BCUT2D eigenvalue weighted by Crippen LogP contribution is -2.55. The molecular formula is C27H36N4O3S. The molecule has 1 saturated carbocycles. The molecule has 0 radical (unpaired) electrons. The van der Waals surface area contributed by atoms with Crippen molar-refractivity contribution in [3.63, 3.8) is 0 Å². The Kier molecular flexibility index (Phi) is 5.37. The summed E-state index contributed by atoms with van der Waals surface area (Å²) in [7, 11) is -3.41. The van der Waals surface area contributed by atoms with E-state index in [1.807, 2.05) is 26.8 Å². The molecule has 3 heterocycles. The minimum Gasteiger partial charge on any atom is -0.347 e. The van der Waals surface area contributed by atoms with Gasteiger partial charge in [0.05, 0.1) is 27.7 Å². The number of carbonyl (C=O) groups excluding carboxylic acids is 1. The molecule has 7 nitrogen and oxygen atoms in total. The number of rotatable bonds is 5. The van der Waals surface area contributed by atoms with Crippen molar-refractivity contribution in [1.82, 2.24) is 10.6 Å². The molecule has 0 aromatic heterocycles. The van der Waals surface area contributed by atoms with Crippen LogP contribution in [-0.4, -0.2) is 31.7 Å². The minimum atomic E-state index is -3.41. The molecule has 8 heteroatoms. The second-order valence-corrected chi connectivity index (χ2v) is 14.7. The highest BCUT2D eigenvalue weighted by molar-refractivity contribution is 7.91. The maximum atomic E-state index is 13.6. The molecule has 1 aliphatic carbocycles. The zero-order valence-electron chi connectivity index (χ0n) is 21.5. The van der Waals surface area contributed by atoms with Crippen LogP contribution < -0.4 is 10.6 Å². The van der Waals surface area contributed by atoms with Crippen LogP contribution in [0.25, 0.3) is 0 Å². The van der Waals surface area contributed by atoms with Crippen molar-refractivity contribution in [2.24, 2.45) is 21.6 Å². The van der Waals surface area contributed by atoms with Gasteiger partial charge in [-0.15, -0.1) is 5.11 Å². The lowest BCUT2D eigenvalue weighted by Gasteiger charge is -2.46. The summed E-state index contributed by atoms with van der Waals surface area (Å²) >= 11 is 0. The third-order valence-electron chi connectivity index (χ3n) is 7.52. The number of nitrogens with one attached hydrogen (secondary N) is 2. The molecule has 0 saturated heterocycles. The number of carbonyl (C=O) groups is 1. The van der Waals surface area contributed by atoms with Crippen LogP contribution in [0.2, 0.25) is 0 Å². The zero-order valence-corrected chi connectivity index (χ0v) is 22.3. The van der Waals surface area contributed by atoms with Gasteiger partial charge in [-0.3, -0.25) is 4.79 Å². The van der Waals surface area contributed by atoms with Crippen LogP contribution >= 0.6 is 0 Å². The van der Waals surface area contributed by atoms with Gasteiger partial charge < -0.3 is 10.6 Å². The van der Waals surface area contributed by atoms with E-state index in [2.05, 4.69) is 41.6 Å². The maximum absolute atomic E-state index is 13.6. The van der Waals surface area contributed by atoms with Crippen LogP contribution in [0.4, 0.5) is 0 Å². The zero-order chi connectivity index (χ0) is 25.4. The van der Waals surface area contributed by atoms with Gasteiger partial charge in [-0.1, -0.05) is 32.9 Å². The third-order valence-corrected chi connectivity index (χ3v) is 9.40. The lowest BCUT2D eigenvalue weighted by molar-refractivity contribution is -0.120. The quantitative estimate of drug-likeness (QED) is 0.613. The Morgan fingerprint density at radius 2 is 1.86 bits per heavy atom. The van der Waals surface area contributed by atoms with Gasteiger partial charge in [0.25, 0.3) is 5.91 Å². The molecule has 5 rings (SSSR count). The van der Waals surface area contributed by atoms with E-state index in [-0.39, 0.29) is 29.0 Å². The molecule has 35 heavy (non-hydrogen) atoms. The number of hydrogen-bond donors (Lipinski definition) is 2. The standard InChI is InChI=1S/C27H36N4O3S/c1-25(2,3)13-20-21-23(31-30-20)28-19-14-26(4,5)29-24(32)22(19)27(21,6)17-8-7-9-18(12-17)35(33,34)15-16-10-11-16/h7-9,12,16,20,28H,10-11,13-15H2,1-6H3,(H,29,32)/t20?,27-/m0/s1. The lowest BCUT2D eigenvalue weighted by atomic mass is 9.63. The summed E-state index contributed by atoms with van der Waals surface area (Å²) in [5.74, 6) is 1.00. The average Bonchev–Trinajstić information content (AvgIpc) is 3.43. The average molecular weight is 497 g/mol. The van der Waals surface area contributed by atoms with Crippen LogP contribution in [0.15, 0.2) is 62.1 Å². The predicted octanol–water partition coefficient (Wildman–Crippen LogP) is 4.77. The number of sulfone groups is 1. The van der Waals surface area contributed by atoms with Crippen LogP contribution in [0.1, 0.15) is 72.8 Å². The fraction of sp³-hybridized carbons (Fsp3) is 0.593. The topological polar surface area (TPSA) is 100.0 Å². The fourth-order valence-electron chi connectivity index (χ4n) is 5.77. The first-order valence-electron chi connectivity index (χ1n) is 12.5. The summed E-state index contributed by atoms with van der Waals surface area (Å²) < 4.78 is 26.4. The van der Waals surface area contributed by atoms with Crippen LogP contribution in [0.3, 0.4) is 0 Å². The maximum Gasteiger partial charge on any atom is 0.250 e. The number of amides is 1. The van der Waals surface area contributed by atoms with Crippen molar-refractivity contribution in [2.45, 2.75) is 89.1 Å². The molecule has 2 atom stereocenters. The second-order valence-electron chi connectivity index (χ2n) is 12.6. The van der Waals surface area contributed by atoms with Gasteiger partial charge in [0.1, 0.15) is 0 Å². The Hall–Kier alpha value is -2.48. The van der Waals surface area contributed by atoms with Crippen LogP contribution in [0.5, 0.6) is 0 Å². The van der Waals surface area contributed by atoms with E-state index < -0.39 is 20.8 Å². The van der Waals surface area contributed by atoms with Crippen molar-refractivity contribution < 1.29 is 13.2 Å². The van der Waals surface area contributed by atoms with Crippen molar-refractivity contribution >= 4 is 15.7 Å². The molecule has 2 N–H and O–H groups in total. The number of hydrogen-bond acceptors (Lipinski definition) is 6. The Labute approximate surface area is 208 Å². The Balaban J connectivity index is 1.68. The van der Waals surface area contributed by atoms with E-state index in [0.29, 0.717) is 22.7 Å². The third kappa shape index (κ3) is 4.34. The van der Waals surface area contributed by atoms with Gasteiger partial charge in [-0.25, -0.2) is 8.42 Å². The summed E-state index contributed by atoms with van der Waals surface area (Å²) in [5, 5.41) is 15.8. The van der Waals surface area contributed by atoms with Crippen molar-refractivity contribution in [1.29, 1.82) is 0 Å². The highest BCUT2D eigenvalue weighted by Gasteiger charge is 2.52. The van der Waals surface area contributed by atoms with Gasteiger partial charge in [-0.2, -0.15) is 5.11 Å². The van der Waals surface area contributed by atoms with Crippen LogP contribution in [-0.2, 0) is 20.0 Å². The molecule has 3 aliphatic heterocycles. The molecule has 188 valence electrons. The predicted molar refractivity (Wildman–Crippen MR) is 135 cm³/mol. The SMILES string of the molecule is CC(C)(C)CC1N=NC2=C1[C@](C)(c1cccc(S(=O)(=O)CC3CC3)c1)C1=C(CC(C)(C)NC1=O)N2. The van der Waals surface area contributed by atoms with Gasteiger partial charge >= 0.3 is 0 Å². The summed E-state index contributed by atoms with van der Waals surface area (Å²) in [6.45, 7) is 12.5. The van der Waals surface area contributed by atoms with Crippen LogP contribution in [0, 0.1) is 11.3 Å². The molecule has 1 aromatic carbocycles. The van der Waals surface area contributed by atoms with E-state index in [0.717, 1.165) is 36.1 Å². The molecule has 1 amide bonds. The Morgan fingerprint density at radius 3 is 2.51 bits per heavy atom. The van der Waals surface area contributed by atoms with E-state index >= 15 is 0 Å². The first-order valence-corrected chi connectivity index (χ1v) is 14.2. The van der Waals surface area contributed by atoms with E-state index in [4.69, 9.17) is 0 Å². The monoisotopic (exact) mass is 496 g/mol. The molecular weight excluding hydrogens is 460 g/mol. The number of azo groups is 1. The number of nitrogens with zero attached hydrogens (tertiary/aromatic N) is 2. The normalized spacial score (nSPS) is 27.9. The Bertz CT molecular complexity index is 1300. The highest BCUT2D eigenvalue weighted by atomic mass is 32.2. The molecule has 1 unspecified atom stereocenters. The van der Waals surface area contributed by atoms with Gasteiger partial charge in [0, 0.05) is 23.2 Å². The molecule has 0 bridgehead atoms. The molecule has 0 spiro atoms. The first-order chi connectivity index (χ1) is 16.2. The summed E-state index contributed by atoms with van der Waals surface area (Å²) in [6.07, 6.45) is 3.34. The van der Waals surface area contributed by atoms with E-state index in [1.54, 1.807) is 18.2 Å². The largest absolute Gasteiger partial charge is 0.347 e. The van der Waals surface area contributed by atoms with Crippen molar-refractivity contribution in [3.8, 4) is 0 Å². The molecule has 1 aromatic rings. The number of benzene rings is 1. The smallest absolute Gasteiger partial charge is 0.250 e. The van der Waals surface area contributed by atoms with Crippen molar-refractivity contribution in [3.05, 3.63) is 52.5 Å². The summed E-state index contributed by atoms with van der Waals surface area (Å²) in [5.41, 5.74) is 1.93. The van der Waals surface area contributed by atoms with E-state index in [9.17, 15) is 13.2 Å². The van der Waals surface area contributed by atoms with Gasteiger partial charge in [0.2, 0.25) is 0 Å². The summed E-state index contributed by atoms with van der Waals surface area (Å²) in [4.78, 5) is 14.0. The molecule has 1 fully saturated rings. The summed E-state index contributed by atoms with van der Waals surface area (Å²) in [6, 6.07) is 6.99. The number of dihydropyridines is 1. The van der Waals surface area contributed by atoms with Gasteiger partial charge in [0.15, 0.2) is 15.7 Å². The highest BCUT2D eigenvalue weighted by Crippen LogP contribution is 2.52. The first kappa shape index (κ1) is 24.2. The molecule has 4 aliphatic rings.